The molecule has 0 saturated heterocycles. The van der Waals surface area contributed by atoms with Crippen LogP contribution in [0, 0.1) is 0 Å². The lowest BCUT2D eigenvalue weighted by molar-refractivity contribution is -0.163. The summed E-state index contributed by atoms with van der Waals surface area (Å²) in [6.45, 7) is -1.52. The molecule has 0 aromatic rings. The van der Waals surface area contributed by atoms with E-state index in [1.54, 1.807) is 0 Å². The maximum absolute atomic E-state index is 10.1. The molecule has 19 heteroatoms. The van der Waals surface area contributed by atoms with Crippen LogP contribution >= 0.6 is 0 Å². The highest BCUT2D eigenvalue weighted by Gasteiger charge is 2.34. The number of aliphatic hydroxyl groups is 14. The highest BCUT2D eigenvalue weighted by Crippen LogP contribution is 2.05. The normalized spacial score (nSPS) is 20.7. The molecule has 0 amide bonds. The lowest BCUT2D eigenvalue weighted by Crippen LogP contribution is -2.48. The van der Waals surface area contributed by atoms with Gasteiger partial charge in [0.15, 0.2) is 25.0 Å². The number of carboxylic acids is 1. The molecule has 15 N–H and O–H groups in total. The van der Waals surface area contributed by atoms with Crippen LogP contribution < -0.4 is 0 Å². The van der Waals surface area contributed by atoms with Crippen molar-refractivity contribution in [1.29, 1.82) is 0 Å². The highest BCUT2D eigenvalue weighted by molar-refractivity contribution is 5.73. The van der Waals surface area contributed by atoms with E-state index in [9.17, 15) is 19.2 Å². The van der Waals surface area contributed by atoms with E-state index in [-0.39, 0.29) is 18.9 Å². The van der Waals surface area contributed by atoms with Crippen molar-refractivity contribution in [3.05, 3.63) is 0 Å². The summed E-state index contributed by atoms with van der Waals surface area (Å²) in [4.78, 5) is 39.8. The van der Waals surface area contributed by atoms with Crippen molar-refractivity contribution in [2.24, 2.45) is 0 Å². The second-order valence-corrected chi connectivity index (χ2v) is 7.11. The topological polar surface area (TPSA) is 372 Å². The Morgan fingerprint density at radius 1 is 0.486 bits per heavy atom. The van der Waals surface area contributed by atoms with Gasteiger partial charge in [-0.25, -0.2) is 4.79 Å². The molecule has 0 aromatic carbocycles. The summed E-state index contributed by atoms with van der Waals surface area (Å²) in [5.74, 6) is -1.76. The minimum Gasteiger partial charge on any atom is -0.479 e. The van der Waals surface area contributed by atoms with Crippen molar-refractivity contribution in [2.45, 2.75) is 73.2 Å². The Bertz CT molecular complexity index is 602. The number of rotatable bonds is 15. The van der Waals surface area contributed by atoms with Crippen LogP contribution in [-0.4, -0.2) is 188 Å². The van der Waals surface area contributed by atoms with Gasteiger partial charge in [-0.2, -0.15) is 0 Å². The molecule has 0 aliphatic carbocycles. The van der Waals surface area contributed by atoms with Gasteiger partial charge >= 0.3 is 5.97 Å². The van der Waals surface area contributed by atoms with E-state index >= 15 is 0 Å². The average molecular weight is 554 g/mol. The van der Waals surface area contributed by atoms with E-state index in [1.165, 1.54) is 0 Å². The zero-order chi connectivity index (χ0) is 30.0. The van der Waals surface area contributed by atoms with Gasteiger partial charge in [-0.1, -0.05) is 0 Å². The average Bonchev–Trinajstić information content (AvgIpc) is 2.92. The van der Waals surface area contributed by atoms with Crippen molar-refractivity contribution in [3.63, 3.8) is 0 Å². The molecule has 0 heterocycles. The predicted octanol–water partition coefficient (Wildman–Crippen LogP) is -10.0. The molecular weight excluding hydrogens is 520 g/mol. The van der Waals surface area contributed by atoms with E-state index in [0.717, 1.165) is 0 Å². The van der Waals surface area contributed by atoms with Crippen LogP contribution in [0.25, 0.3) is 0 Å². The molecule has 12 unspecified atom stereocenters. The number of aliphatic hydroxyl groups excluding tert-OH is 14. The smallest absolute Gasteiger partial charge is 0.335 e. The molecule has 0 saturated carbocycles. The molecule has 0 fully saturated rings. The predicted molar refractivity (Wildman–Crippen MR) is 112 cm³/mol. The van der Waals surface area contributed by atoms with Crippen LogP contribution in [0.4, 0.5) is 0 Å². The number of carbonyl (C=O) groups is 4. The third-order valence-electron chi connectivity index (χ3n) is 4.26. The zero-order valence-corrected chi connectivity index (χ0v) is 18.9. The SMILES string of the molecule is O=CC(O)C(O)C(O)C(O)C(=O)O.O=CC(O)C(O)C(O)C(O)CO.O=CC(O)C(O)C(O)C(O)CO. The Morgan fingerprint density at radius 2 is 0.730 bits per heavy atom. The number of carbonyl (C=O) groups excluding carboxylic acids is 3. The first-order valence-electron chi connectivity index (χ1n) is 9.97. The summed E-state index contributed by atoms with van der Waals surface area (Å²) in [6.07, 6.45) is -22.1. The molecule has 0 aliphatic rings. The monoisotopic (exact) mass is 554 g/mol. The summed E-state index contributed by atoms with van der Waals surface area (Å²) in [5.41, 5.74) is 0. The fraction of sp³-hybridized carbons (Fsp3) is 0.778. The Balaban J connectivity index is -0.000000469. The first kappa shape index (κ1) is 39.4. The number of hydrogen-bond acceptors (Lipinski definition) is 18. The summed E-state index contributed by atoms with van der Waals surface area (Å²) >= 11 is 0. The van der Waals surface area contributed by atoms with Gasteiger partial charge in [-0.05, 0) is 0 Å². The number of carboxylic acid groups (broad SMARTS) is 1. The maximum Gasteiger partial charge on any atom is 0.335 e. The minimum absolute atomic E-state index is 0.0258. The number of aliphatic carboxylic acids is 1. The van der Waals surface area contributed by atoms with E-state index in [1.807, 2.05) is 0 Å². The van der Waals surface area contributed by atoms with E-state index < -0.39 is 92.4 Å². The molecule has 0 aliphatic heterocycles. The van der Waals surface area contributed by atoms with Gasteiger partial charge < -0.3 is 91.0 Å². The molecule has 0 rings (SSSR count). The second-order valence-electron chi connectivity index (χ2n) is 7.11. The van der Waals surface area contributed by atoms with Gasteiger partial charge in [0.25, 0.3) is 0 Å². The standard InChI is InChI=1S/C6H10O7.2C6H12O6/c7-1-2(8)3(9)4(10)5(11)6(12)13;2*7-1-3(9)5(11)6(12)4(10)2-8/h1-5,8-11H,(H,12,13);2*1,3-6,8-12H,2H2. The van der Waals surface area contributed by atoms with Crippen molar-refractivity contribution < 1.29 is 95.8 Å². The quantitative estimate of drug-likeness (QED) is 0.0835. The van der Waals surface area contributed by atoms with Gasteiger partial charge in [-0.15, -0.1) is 0 Å². The van der Waals surface area contributed by atoms with Gasteiger partial charge in [-0.3, -0.25) is 0 Å². The molecule has 220 valence electrons. The molecule has 0 spiro atoms. The van der Waals surface area contributed by atoms with Gasteiger partial charge in [0, 0.05) is 0 Å². The minimum atomic E-state index is -2.25. The van der Waals surface area contributed by atoms with Crippen molar-refractivity contribution in [2.75, 3.05) is 13.2 Å². The third-order valence-corrected chi connectivity index (χ3v) is 4.26. The highest BCUT2D eigenvalue weighted by atomic mass is 16.4. The van der Waals surface area contributed by atoms with Crippen LogP contribution in [0.5, 0.6) is 0 Å². The van der Waals surface area contributed by atoms with Crippen LogP contribution in [0.2, 0.25) is 0 Å². The first-order valence-corrected chi connectivity index (χ1v) is 9.97. The van der Waals surface area contributed by atoms with Crippen molar-refractivity contribution in [3.8, 4) is 0 Å². The fourth-order valence-electron chi connectivity index (χ4n) is 1.85. The van der Waals surface area contributed by atoms with Gasteiger partial charge in [0.05, 0.1) is 13.2 Å². The van der Waals surface area contributed by atoms with Crippen LogP contribution in [0.3, 0.4) is 0 Å². The lowest BCUT2D eigenvalue weighted by Gasteiger charge is -2.22. The molecule has 0 bridgehead atoms. The first-order chi connectivity index (χ1) is 17.0. The summed E-state index contributed by atoms with van der Waals surface area (Å²) in [5, 5.41) is 130. The van der Waals surface area contributed by atoms with Crippen LogP contribution in [0.15, 0.2) is 0 Å². The fourth-order valence-corrected chi connectivity index (χ4v) is 1.85. The van der Waals surface area contributed by atoms with E-state index in [2.05, 4.69) is 0 Å². The molecule has 0 radical (unpaired) electrons. The maximum atomic E-state index is 10.1. The van der Waals surface area contributed by atoms with Crippen LogP contribution in [0.1, 0.15) is 0 Å². The van der Waals surface area contributed by atoms with E-state index in [4.69, 9.17) is 76.6 Å². The number of aldehydes is 3. The van der Waals surface area contributed by atoms with Crippen molar-refractivity contribution >= 4 is 24.8 Å². The lowest BCUT2D eigenvalue weighted by atomic mass is 10.0. The third kappa shape index (κ3) is 15.1. The van der Waals surface area contributed by atoms with Gasteiger partial charge in [0.2, 0.25) is 0 Å². The van der Waals surface area contributed by atoms with E-state index in [0.29, 0.717) is 0 Å². The van der Waals surface area contributed by atoms with Gasteiger partial charge in [0.1, 0.15) is 67.1 Å². The number of hydrogen-bond donors (Lipinski definition) is 15. The molecular formula is C18H34O19. The molecule has 37 heavy (non-hydrogen) atoms. The Kier molecular flexibility index (Phi) is 22.3. The Morgan fingerprint density at radius 3 is 0.919 bits per heavy atom. The summed E-state index contributed by atoms with van der Waals surface area (Å²) < 4.78 is 0. The summed E-state index contributed by atoms with van der Waals surface area (Å²) in [6, 6.07) is 0. The van der Waals surface area contributed by atoms with Crippen LogP contribution in [-0.2, 0) is 19.2 Å². The van der Waals surface area contributed by atoms with Crippen molar-refractivity contribution in [1.82, 2.24) is 0 Å². The largest absolute Gasteiger partial charge is 0.479 e. The molecule has 0 aromatic heterocycles. The Hall–Kier alpha value is -2.08. The Labute approximate surface area is 208 Å². The summed E-state index contributed by atoms with van der Waals surface area (Å²) in [7, 11) is 0. The second kappa shape index (κ2) is 20.9. The molecule has 12 atom stereocenters. The molecule has 19 nitrogen and oxygen atoms in total. The zero-order valence-electron chi connectivity index (χ0n) is 18.9.